The second-order valence-corrected chi connectivity index (χ2v) is 3.56. The summed E-state index contributed by atoms with van der Waals surface area (Å²) in [6.07, 6.45) is 3.63. The Balaban J connectivity index is 2.01. The monoisotopic (exact) mass is 233 g/mol. The van der Waals surface area contributed by atoms with Gasteiger partial charge in [0.25, 0.3) is 0 Å². The van der Waals surface area contributed by atoms with Crippen molar-refractivity contribution in [3.63, 3.8) is 0 Å². The summed E-state index contributed by atoms with van der Waals surface area (Å²) in [5.74, 6) is 1.19. The van der Waals surface area contributed by atoms with E-state index in [1.54, 1.807) is 24.1 Å². The Morgan fingerprint density at radius 1 is 1.47 bits per heavy atom. The van der Waals surface area contributed by atoms with Gasteiger partial charge in [0.2, 0.25) is 0 Å². The molecule has 0 fully saturated rings. The zero-order valence-corrected chi connectivity index (χ0v) is 9.63. The molecule has 17 heavy (non-hydrogen) atoms. The second-order valence-electron chi connectivity index (χ2n) is 3.56. The molecular formula is C11H15N5O. The third kappa shape index (κ3) is 3.18. The number of nitrogens with two attached hydrogens (primary N) is 1. The molecular weight excluding hydrogens is 218 g/mol. The molecule has 0 atom stereocenters. The highest BCUT2D eigenvalue weighted by Crippen LogP contribution is 2.14. The topological polar surface area (TPSA) is 78.0 Å². The van der Waals surface area contributed by atoms with Crippen LogP contribution in [0.3, 0.4) is 0 Å². The van der Waals surface area contributed by atoms with Crippen molar-refractivity contribution in [1.82, 2.24) is 14.8 Å². The van der Waals surface area contributed by atoms with Crippen LogP contribution in [-0.2, 0) is 11.3 Å². The summed E-state index contributed by atoms with van der Waals surface area (Å²) >= 11 is 0. The minimum atomic E-state index is 0.488. The van der Waals surface area contributed by atoms with Crippen LogP contribution in [0.1, 0.15) is 0 Å². The number of pyridine rings is 1. The van der Waals surface area contributed by atoms with Gasteiger partial charge in [-0.2, -0.15) is 5.10 Å². The van der Waals surface area contributed by atoms with Crippen molar-refractivity contribution in [2.45, 2.75) is 6.54 Å². The molecule has 2 aromatic heterocycles. The Morgan fingerprint density at radius 3 is 3.12 bits per heavy atom. The second kappa shape index (κ2) is 5.31. The largest absolute Gasteiger partial charge is 0.384 e. The standard InChI is InChI=1S/C11H15N5O/c1-17-6-5-16-8-9(7-13-16)14-11-4-2-3-10(12)15-11/h2-4,7-8H,5-6H2,1H3,(H3,12,14,15). The van der Waals surface area contributed by atoms with E-state index in [9.17, 15) is 0 Å². The van der Waals surface area contributed by atoms with Crippen LogP contribution in [-0.4, -0.2) is 28.5 Å². The van der Waals surface area contributed by atoms with E-state index < -0.39 is 0 Å². The molecule has 0 radical (unpaired) electrons. The molecule has 2 aromatic rings. The molecule has 0 saturated carbocycles. The molecule has 0 aliphatic carbocycles. The van der Waals surface area contributed by atoms with Gasteiger partial charge in [-0.3, -0.25) is 4.68 Å². The molecule has 2 heterocycles. The predicted octanol–water partition coefficient (Wildman–Crippen LogP) is 1.25. The number of methoxy groups -OCH3 is 1. The predicted molar refractivity (Wildman–Crippen MR) is 66.0 cm³/mol. The summed E-state index contributed by atoms with van der Waals surface area (Å²) in [7, 11) is 1.67. The Hall–Kier alpha value is -2.08. The molecule has 0 saturated heterocycles. The minimum Gasteiger partial charge on any atom is -0.384 e. The zero-order valence-electron chi connectivity index (χ0n) is 9.63. The SMILES string of the molecule is COCCn1cc(Nc2cccc(N)n2)cn1. The van der Waals surface area contributed by atoms with Gasteiger partial charge in [0, 0.05) is 13.3 Å². The lowest BCUT2D eigenvalue weighted by Gasteiger charge is -2.02. The number of nitrogens with one attached hydrogen (secondary N) is 1. The highest BCUT2D eigenvalue weighted by molar-refractivity contribution is 5.55. The normalized spacial score (nSPS) is 10.4. The van der Waals surface area contributed by atoms with E-state index in [0.29, 0.717) is 18.2 Å². The molecule has 0 aromatic carbocycles. The molecule has 6 nitrogen and oxygen atoms in total. The highest BCUT2D eigenvalue weighted by Gasteiger charge is 2.00. The van der Waals surface area contributed by atoms with Gasteiger partial charge >= 0.3 is 0 Å². The van der Waals surface area contributed by atoms with Crippen molar-refractivity contribution in [3.05, 3.63) is 30.6 Å². The fourth-order valence-electron chi connectivity index (χ4n) is 1.40. The third-order valence-corrected chi connectivity index (χ3v) is 2.20. The summed E-state index contributed by atoms with van der Waals surface area (Å²) in [6.45, 7) is 1.36. The van der Waals surface area contributed by atoms with Crippen LogP contribution >= 0.6 is 0 Å². The fraction of sp³-hybridized carbons (Fsp3) is 0.273. The van der Waals surface area contributed by atoms with Gasteiger partial charge in [-0.15, -0.1) is 0 Å². The van der Waals surface area contributed by atoms with Crippen LogP contribution in [0.2, 0.25) is 0 Å². The van der Waals surface area contributed by atoms with Crippen molar-refractivity contribution >= 4 is 17.3 Å². The number of hydrogen-bond donors (Lipinski definition) is 2. The van der Waals surface area contributed by atoms with Gasteiger partial charge in [0.15, 0.2) is 0 Å². The first-order valence-corrected chi connectivity index (χ1v) is 5.29. The summed E-state index contributed by atoms with van der Waals surface area (Å²) in [4.78, 5) is 4.14. The highest BCUT2D eigenvalue weighted by atomic mass is 16.5. The van der Waals surface area contributed by atoms with Gasteiger partial charge < -0.3 is 15.8 Å². The number of anilines is 3. The van der Waals surface area contributed by atoms with Crippen LogP contribution in [0.5, 0.6) is 0 Å². The summed E-state index contributed by atoms with van der Waals surface area (Å²) in [5, 5.41) is 7.31. The van der Waals surface area contributed by atoms with E-state index in [-0.39, 0.29) is 0 Å². The van der Waals surface area contributed by atoms with E-state index >= 15 is 0 Å². The molecule has 0 aliphatic heterocycles. The van der Waals surface area contributed by atoms with Gasteiger partial charge in [-0.05, 0) is 12.1 Å². The van der Waals surface area contributed by atoms with E-state index in [4.69, 9.17) is 10.5 Å². The molecule has 0 aliphatic rings. The molecule has 3 N–H and O–H groups in total. The fourth-order valence-corrected chi connectivity index (χ4v) is 1.40. The van der Waals surface area contributed by atoms with Gasteiger partial charge in [0.1, 0.15) is 11.6 Å². The van der Waals surface area contributed by atoms with Crippen LogP contribution in [0.15, 0.2) is 30.6 Å². The van der Waals surface area contributed by atoms with Crippen molar-refractivity contribution in [2.75, 3.05) is 24.8 Å². The summed E-state index contributed by atoms with van der Waals surface area (Å²) in [5.41, 5.74) is 6.47. The number of hydrogen-bond acceptors (Lipinski definition) is 5. The van der Waals surface area contributed by atoms with Gasteiger partial charge in [-0.1, -0.05) is 6.07 Å². The van der Waals surface area contributed by atoms with Crippen LogP contribution < -0.4 is 11.1 Å². The summed E-state index contributed by atoms with van der Waals surface area (Å²) < 4.78 is 6.78. The van der Waals surface area contributed by atoms with E-state index in [2.05, 4.69) is 15.4 Å². The van der Waals surface area contributed by atoms with Crippen molar-refractivity contribution in [1.29, 1.82) is 0 Å². The summed E-state index contributed by atoms with van der Waals surface area (Å²) in [6, 6.07) is 5.44. The third-order valence-electron chi connectivity index (χ3n) is 2.20. The smallest absolute Gasteiger partial charge is 0.132 e. The lowest BCUT2D eigenvalue weighted by atomic mass is 10.4. The molecule has 0 unspecified atom stereocenters. The van der Waals surface area contributed by atoms with Crippen LogP contribution in [0, 0.1) is 0 Å². The average molecular weight is 233 g/mol. The molecule has 6 heteroatoms. The molecule has 0 amide bonds. The van der Waals surface area contributed by atoms with E-state index in [1.807, 2.05) is 18.3 Å². The van der Waals surface area contributed by atoms with Crippen molar-refractivity contribution < 1.29 is 4.74 Å². The van der Waals surface area contributed by atoms with Crippen molar-refractivity contribution in [2.24, 2.45) is 0 Å². The number of nitrogen functional groups attached to an aromatic ring is 1. The maximum Gasteiger partial charge on any atom is 0.132 e. The lowest BCUT2D eigenvalue weighted by Crippen LogP contribution is -2.04. The van der Waals surface area contributed by atoms with Crippen molar-refractivity contribution in [3.8, 4) is 0 Å². The Bertz CT molecular complexity index is 482. The first-order valence-electron chi connectivity index (χ1n) is 5.29. The Morgan fingerprint density at radius 2 is 2.35 bits per heavy atom. The van der Waals surface area contributed by atoms with E-state index in [1.165, 1.54) is 0 Å². The molecule has 0 bridgehead atoms. The average Bonchev–Trinajstić information content (AvgIpc) is 2.74. The number of nitrogens with zero attached hydrogens (tertiary/aromatic N) is 3. The van der Waals surface area contributed by atoms with Crippen LogP contribution in [0.25, 0.3) is 0 Å². The Kier molecular flexibility index (Phi) is 3.56. The van der Waals surface area contributed by atoms with Crippen LogP contribution in [0.4, 0.5) is 17.3 Å². The van der Waals surface area contributed by atoms with Gasteiger partial charge in [-0.25, -0.2) is 4.98 Å². The molecule has 2 rings (SSSR count). The van der Waals surface area contributed by atoms with E-state index in [0.717, 1.165) is 12.2 Å². The number of rotatable bonds is 5. The number of ether oxygens (including phenoxy) is 1. The molecule has 0 spiro atoms. The van der Waals surface area contributed by atoms with Gasteiger partial charge in [0.05, 0.1) is 25.0 Å². The number of aromatic nitrogens is 3. The quantitative estimate of drug-likeness (QED) is 0.812. The minimum absolute atomic E-state index is 0.488. The molecule has 90 valence electrons. The first kappa shape index (κ1) is 11.4. The lowest BCUT2D eigenvalue weighted by molar-refractivity contribution is 0.183. The Labute approximate surface area is 99.4 Å². The zero-order chi connectivity index (χ0) is 12.1. The maximum absolute atomic E-state index is 5.59. The first-order chi connectivity index (χ1) is 8.28. The maximum atomic E-state index is 5.59.